The maximum atomic E-state index is 4.47. The van der Waals surface area contributed by atoms with Gasteiger partial charge in [0.1, 0.15) is 0 Å². The van der Waals surface area contributed by atoms with E-state index in [0.29, 0.717) is 5.41 Å². The molecule has 0 aliphatic heterocycles. The van der Waals surface area contributed by atoms with Crippen LogP contribution in [0.4, 0.5) is 0 Å². The predicted molar refractivity (Wildman–Crippen MR) is 93.6 cm³/mol. The van der Waals surface area contributed by atoms with Gasteiger partial charge in [0.25, 0.3) is 0 Å². The van der Waals surface area contributed by atoms with Gasteiger partial charge in [0.05, 0.1) is 5.01 Å². The fraction of sp³-hybridized carbons (Fsp3) is 0.765. The van der Waals surface area contributed by atoms with Gasteiger partial charge in [-0.3, -0.25) is 4.99 Å². The first-order valence-electron chi connectivity index (χ1n) is 8.64. The van der Waals surface area contributed by atoms with Gasteiger partial charge in [-0.2, -0.15) is 0 Å². The molecule has 122 valence electrons. The number of nitrogens with zero attached hydrogens (tertiary/aromatic N) is 2. The number of hydrogen-bond donors (Lipinski definition) is 2. The summed E-state index contributed by atoms with van der Waals surface area (Å²) in [7, 11) is 1.86. The first-order valence-corrected chi connectivity index (χ1v) is 9.45. The summed E-state index contributed by atoms with van der Waals surface area (Å²) in [5, 5.41) is 8.20. The second-order valence-corrected chi connectivity index (χ2v) is 7.87. The second-order valence-electron chi connectivity index (χ2n) is 6.67. The average molecular weight is 321 g/mol. The topological polar surface area (TPSA) is 49.3 Å². The van der Waals surface area contributed by atoms with Gasteiger partial charge in [-0.25, -0.2) is 4.98 Å². The van der Waals surface area contributed by atoms with Gasteiger partial charge >= 0.3 is 0 Å². The molecule has 2 aliphatic carbocycles. The lowest BCUT2D eigenvalue weighted by Gasteiger charge is -2.43. The second kappa shape index (κ2) is 6.99. The van der Waals surface area contributed by atoms with Crippen LogP contribution in [0, 0.1) is 11.3 Å². The van der Waals surface area contributed by atoms with Crippen molar-refractivity contribution in [1.82, 2.24) is 15.6 Å². The number of aryl methyl sites for hydroxylation is 1. The molecule has 0 radical (unpaired) electrons. The third kappa shape index (κ3) is 3.62. The Morgan fingerprint density at radius 3 is 2.77 bits per heavy atom. The fourth-order valence-corrected chi connectivity index (χ4v) is 4.31. The van der Waals surface area contributed by atoms with Crippen LogP contribution in [0.5, 0.6) is 0 Å². The molecule has 0 saturated heterocycles. The average Bonchev–Trinajstić information content (AvgIpc) is 3.23. The molecule has 0 spiro atoms. The van der Waals surface area contributed by atoms with Crippen molar-refractivity contribution in [3.8, 4) is 0 Å². The molecule has 1 heterocycles. The Bertz CT molecular complexity index is 514. The lowest BCUT2D eigenvalue weighted by molar-refractivity contribution is 0.106. The summed E-state index contributed by atoms with van der Waals surface area (Å²) >= 11 is 1.82. The summed E-state index contributed by atoms with van der Waals surface area (Å²) in [5.41, 5.74) is 0.586. The Hall–Kier alpha value is -1.10. The molecule has 5 heteroatoms. The Kier molecular flexibility index (Phi) is 5.01. The van der Waals surface area contributed by atoms with Gasteiger partial charge in [-0.05, 0) is 43.4 Å². The van der Waals surface area contributed by atoms with Gasteiger partial charge in [-0.15, -0.1) is 11.3 Å². The van der Waals surface area contributed by atoms with E-state index in [0.717, 1.165) is 37.8 Å². The van der Waals surface area contributed by atoms with Crippen LogP contribution in [-0.2, 0) is 12.8 Å². The van der Waals surface area contributed by atoms with Gasteiger partial charge < -0.3 is 10.6 Å². The van der Waals surface area contributed by atoms with Crippen molar-refractivity contribution in [2.45, 2.75) is 51.9 Å². The third-order valence-corrected chi connectivity index (χ3v) is 6.41. The molecule has 0 aromatic carbocycles. The molecule has 1 aromatic heterocycles. The molecule has 0 unspecified atom stereocenters. The molecule has 3 rings (SSSR count). The van der Waals surface area contributed by atoms with Crippen LogP contribution in [0.25, 0.3) is 0 Å². The number of guanidine groups is 1. The standard InChI is InChI=1S/C17H28N4S/c1-3-14-11-20-15(22-14)7-10-19-16(18-2)21-12-17(8-4-9-17)13-5-6-13/h11,13H,3-10,12H2,1-2H3,(H2,18,19,21). The van der Waals surface area contributed by atoms with Crippen molar-refractivity contribution in [3.05, 3.63) is 16.1 Å². The van der Waals surface area contributed by atoms with Crippen LogP contribution < -0.4 is 10.6 Å². The molecule has 1 aromatic rings. The minimum atomic E-state index is 0.586. The van der Waals surface area contributed by atoms with Crippen LogP contribution in [0.3, 0.4) is 0 Å². The first-order chi connectivity index (χ1) is 10.8. The van der Waals surface area contributed by atoms with Crippen molar-refractivity contribution in [1.29, 1.82) is 0 Å². The van der Waals surface area contributed by atoms with Crippen LogP contribution in [0.15, 0.2) is 11.2 Å². The quantitative estimate of drug-likeness (QED) is 0.600. The first kappa shape index (κ1) is 15.8. The SMILES string of the molecule is CCc1cnc(CCNC(=NC)NCC2(C3CC3)CCC2)s1. The van der Waals surface area contributed by atoms with E-state index in [-0.39, 0.29) is 0 Å². The van der Waals surface area contributed by atoms with Crippen LogP contribution >= 0.6 is 11.3 Å². The fourth-order valence-electron chi connectivity index (χ4n) is 3.45. The van der Waals surface area contributed by atoms with E-state index in [2.05, 4.69) is 27.5 Å². The molecule has 2 aliphatic rings. The summed E-state index contributed by atoms with van der Waals surface area (Å²) in [6.07, 6.45) is 11.2. The van der Waals surface area contributed by atoms with Gasteiger partial charge in [0, 0.05) is 37.6 Å². The zero-order valence-corrected chi connectivity index (χ0v) is 14.6. The third-order valence-electron chi connectivity index (χ3n) is 5.21. The Labute approximate surface area is 137 Å². The van der Waals surface area contributed by atoms with E-state index in [9.17, 15) is 0 Å². The minimum Gasteiger partial charge on any atom is -0.356 e. The minimum absolute atomic E-state index is 0.586. The number of nitrogens with one attached hydrogen (secondary N) is 2. The number of thiazole rings is 1. The molecule has 2 fully saturated rings. The van der Waals surface area contributed by atoms with Crippen molar-refractivity contribution >= 4 is 17.3 Å². The molecule has 2 N–H and O–H groups in total. The van der Waals surface area contributed by atoms with Crippen molar-refractivity contribution in [2.24, 2.45) is 16.3 Å². The highest BCUT2D eigenvalue weighted by atomic mass is 32.1. The Balaban J connectivity index is 1.40. The normalized spacial score (nSPS) is 20.5. The summed E-state index contributed by atoms with van der Waals surface area (Å²) in [4.78, 5) is 10.2. The Morgan fingerprint density at radius 1 is 1.41 bits per heavy atom. The van der Waals surface area contributed by atoms with E-state index in [1.54, 1.807) is 0 Å². The van der Waals surface area contributed by atoms with E-state index in [1.807, 2.05) is 24.6 Å². The predicted octanol–water partition coefficient (Wildman–Crippen LogP) is 2.99. The zero-order valence-electron chi connectivity index (χ0n) is 13.8. The molecule has 4 nitrogen and oxygen atoms in total. The van der Waals surface area contributed by atoms with E-state index < -0.39 is 0 Å². The van der Waals surface area contributed by atoms with E-state index >= 15 is 0 Å². The highest BCUT2D eigenvalue weighted by Gasteiger charge is 2.48. The van der Waals surface area contributed by atoms with Gasteiger partial charge in [-0.1, -0.05) is 13.3 Å². The highest BCUT2D eigenvalue weighted by Crippen LogP contribution is 2.56. The molecular weight excluding hydrogens is 292 g/mol. The molecule has 2 saturated carbocycles. The van der Waals surface area contributed by atoms with E-state index in [4.69, 9.17) is 0 Å². The van der Waals surface area contributed by atoms with Crippen LogP contribution in [0.2, 0.25) is 0 Å². The Morgan fingerprint density at radius 2 is 2.23 bits per heavy atom. The molecule has 0 amide bonds. The summed E-state index contributed by atoms with van der Waals surface area (Å²) < 4.78 is 0. The van der Waals surface area contributed by atoms with Gasteiger partial charge in [0.2, 0.25) is 0 Å². The zero-order chi connectivity index (χ0) is 15.4. The molecule has 0 atom stereocenters. The number of aromatic nitrogens is 1. The lowest BCUT2D eigenvalue weighted by atomic mass is 9.65. The smallest absolute Gasteiger partial charge is 0.191 e. The van der Waals surface area contributed by atoms with Crippen LogP contribution in [0.1, 0.15) is 48.9 Å². The lowest BCUT2D eigenvalue weighted by Crippen LogP contribution is -2.47. The van der Waals surface area contributed by atoms with Crippen LogP contribution in [-0.4, -0.2) is 31.1 Å². The summed E-state index contributed by atoms with van der Waals surface area (Å²) in [6.45, 7) is 4.17. The number of hydrogen-bond acceptors (Lipinski definition) is 3. The van der Waals surface area contributed by atoms with E-state index in [1.165, 1.54) is 42.0 Å². The molecular formula is C17H28N4S. The largest absolute Gasteiger partial charge is 0.356 e. The van der Waals surface area contributed by atoms with Gasteiger partial charge in [0.15, 0.2) is 5.96 Å². The molecule has 0 bridgehead atoms. The summed E-state index contributed by atoms with van der Waals surface area (Å²) in [5.74, 6) is 1.92. The maximum absolute atomic E-state index is 4.47. The number of rotatable bonds is 7. The highest BCUT2D eigenvalue weighted by molar-refractivity contribution is 7.11. The van der Waals surface area contributed by atoms with Crippen molar-refractivity contribution in [2.75, 3.05) is 20.1 Å². The number of aliphatic imine (C=N–C) groups is 1. The monoisotopic (exact) mass is 320 g/mol. The summed E-state index contributed by atoms with van der Waals surface area (Å²) in [6, 6.07) is 0. The molecule has 22 heavy (non-hydrogen) atoms. The van der Waals surface area contributed by atoms with Crippen molar-refractivity contribution < 1.29 is 0 Å². The van der Waals surface area contributed by atoms with Crippen molar-refractivity contribution in [3.63, 3.8) is 0 Å². The maximum Gasteiger partial charge on any atom is 0.191 e.